The lowest BCUT2D eigenvalue weighted by molar-refractivity contribution is 0.0942. The van der Waals surface area contributed by atoms with E-state index in [0.29, 0.717) is 6.04 Å². The number of aromatic nitrogens is 1. The van der Waals surface area contributed by atoms with Crippen LogP contribution in [-0.2, 0) is 0 Å². The Morgan fingerprint density at radius 1 is 1.17 bits per heavy atom. The molecule has 4 heteroatoms. The number of aryl methyl sites for hydroxylation is 1. The molecule has 118 valence electrons. The smallest absolute Gasteiger partial charge is 0.261 e. The van der Waals surface area contributed by atoms with E-state index in [4.69, 9.17) is 0 Å². The van der Waals surface area contributed by atoms with Crippen LogP contribution in [0.5, 0.6) is 0 Å². The van der Waals surface area contributed by atoms with Crippen LogP contribution < -0.4 is 5.32 Å². The van der Waals surface area contributed by atoms with Crippen molar-refractivity contribution in [2.45, 2.75) is 38.6 Å². The predicted molar refractivity (Wildman–Crippen MR) is 95.6 cm³/mol. The predicted octanol–water partition coefficient (Wildman–Crippen LogP) is 4.67. The van der Waals surface area contributed by atoms with Gasteiger partial charge in [0.25, 0.3) is 5.91 Å². The van der Waals surface area contributed by atoms with Crippen LogP contribution in [0, 0.1) is 6.92 Å². The summed E-state index contributed by atoms with van der Waals surface area (Å²) in [5, 5.41) is 5.50. The lowest BCUT2D eigenvalue weighted by atomic mass is 10.2. The SMILES string of the molecule is Cc1cc2ccccc2n1-c1ccc(C(=O)NC2CCCC2)s1. The number of carbonyl (C=O) groups is 1. The molecule has 0 bridgehead atoms. The molecule has 1 fully saturated rings. The Labute approximate surface area is 139 Å². The fourth-order valence-electron chi connectivity index (χ4n) is 3.48. The molecule has 3 nitrogen and oxygen atoms in total. The van der Waals surface area contributed by atoms with Crippen molar-refractivity contribution in [3.63, 3.8) is 0 Å². The van der Waals surface area contributed by atoms with E-state index in [1.807, 2.05) is 12.1 Å². The molecular weight excluding hydrogens is 304 g/mol. The summed E-state index contributed by atoms with van der Waals surface area (Å²) < 4.78 is 2.23. The lowest BCUT2D eigenvalue weighted by Gasteiger charge is -2.10. The third kappa shape index (κ3) is 2.68. The standard InChI is InChI=1S/C19H20N2OS/c1-13-12-14-6-2-5-9-16(14)21(13)18-11-10-17(23-18)19(22)20-15-7-3-4-8-15/h2,5-6,9-12,15H,3-4,7-8H2,1H3,(H,20,22). The Hall–Kier alpha value is -2.07. The first-order chi connectivity index (χ1) is 11.2. The highest BCUT2D eigenvalue weighted by Gasteiger charge is 2.19. The highest BCUT2D eigenvalue weighted by Crippen LogP contribution is 2.29. The highest BCUT2D eigenvalue weighted by atomic mass is 32.1. The van der Waals surface area contributed by atoms with Crippen LogP contribution in [0.15, 0.2) is 42.5 Å². The Balaban J connectivity index is 1.64. The van der Waals surface area contributed by atoms with Crippen molar-refractivity contribution in [2.24, 2.45) is 0 Å². The Morgan fingerprint density at radius 3 is 2.78 bits per heavy atom. The van der Waals surface area contributed by atoms with Gasteiger partial charge < -0.3 is 9.88 Å². The minimum atomic E-state index is 0.0715. The molecule has 1 N–H and O–H groups in total. The number of benzene rings is 1. The molecule has 0 atom stereocenters. The summed E-state index contributed by atoms with van der Waals surface area (Å²) in [5.41, 5.74) is 2.38. The zero-order chi connectivity index (χ0) is 15.8. The Morgan fingerprint density at radius 2 is 1.96 bits per heavy atom. The molecule has 2 aromatic heterocycles. The monoisotopic (exact) mass is 324 g/mol. The van der Waals surface area contributed by atoms with Crippen molar-refractivity contribution < 1.29 is 4.79 Å². The Kier molecular flexibility index (Phi) is 3.69. The van der Waals surface area contributed by atoms with E-state index in [1.165, 1.54) is 29.4 Å². The number of nitrogens with zero attached hydrogens (tertiary/aromatic N) is 1. The first-order valence-electron chi connectivity index (χ1n) is 8.20. The number of thiophene rings is 1. The molecule has 1 aliphatic carbocycles. The summed E-state index contributed by atoms with van der Waals surface area (Å²) in [6, 6.07) is 14.9. The van der Waals surface area contributed by atoms with Gasteiger partial charge in [0.2, 0.25) is 0 Å². The number of nitrogens with one attached hydrogen (secondary N) is 1. The first kappa shape index (κ1) is 14.5. The van der Waals surface area contributed by atoms with E-state index in [2.05, 4.69) is 47.1 Å². The zero-order valence-electron chi connectivity index (χ0n) is 13.2. The summed E-state index contributed by atoms with van der Waals surface area (Å²) in [6.07, 6.45) is 4.70. The molecule has 4 rings (SSSR count). The first-order valence-corrected chi connectivity index (χ1v) is 9.02. The average molecular weight is 324 g/mol. The fraction of sp³-hybridized carbons (Fsp3) is 0.316. The molecule has 23 heavy (non-hydrogen) atoms. The van der Waals surface area contributed by atoms with E-state index >= 15 is 0 Å². The van der Waals surface area contributed by atoms with Crippen LogP contribution in [0.4, 0.5) is 0 Å². The van der Waals surface area contributed by atoms with Crippen molar-refractivity contribution in [1.29, 1.82) is 0 Å². The van der Waals surface area contributed by atoms with Gasteiger partial charge in [-0.1, -0.05) is 31.0 Å². The number of amides is 1. The van der Waals surface area contributed by atoms with Gasteiger partial charge in [0.1, 0.15) is 5.00 Å². The third-order valence-corrected chi connectivity index (χ3v) is 5.69. The Bertz CT molecular complexity index is 855. The maximum absolute atomic E-state index is 12.4. The van der Waals surface area contributed by atoms with Crippen LogP contribution in [0.3, 0.4) is 0 Å². The van der Waals surface area contributed by atoms with Gasteiger partial charge in [0, 0.05) is 17.1 Å². The normalized spacial score (nSPS) is 15.3. The van der Waals surface area contributed by atoms with Gasteiger partial charge in [-0.05, 0) is 44.0 Å². The average Bonchev–Trinajstić information content (AvgIpc) is 3.25. The molecule has 1 aliphatic rings. The molecule has 0 unspecified atom stereocenters. The van der Waals surface area contributed by atoms with Gasteiger partial charge in [-0.25, -0.2) is 0 Å². The summed E-state index contributed by atoms with van der Waals surface area (Å²) in [6.45, 7) is 2.11. The molecule has 1 saturated carbocycles. The van der Waals surface area contributed by atoms with Crippen LogP contribution in [-0.4, -0.2) is 16.5 Å². The largest absolute Gasteiger partial charge is 0.349 e. The van der Waals surface area contributed by atoms with Crippen LogP contribution in [0.25, 0.3) is 15.9 Å². The van der Waals surface area contributed by atoms with Gasteiger partial charge >= 0.3 is 0 Å². The van der Waals surface area contributed by atoms with Gasteiger partial charge in [-0.3, -0.25) is 4.79 Å². The number of fused-ring (bicyclic) bond motifs is 1. The molecule has 0 radical (unpaired) electrons. The van der Waals surface area contributed by atoms with Gasteiger partial charge in [-0.15, -0.1) is 11.3 Å². The topological polar surface area (TPSA) is 34.0 Å². The molecule has 2 heterocycles. The van der Waals surface area contributed by atoms with Crippen LogP contribution >= 0.6 is 11.3 Å². The lowest BCUT2D eigenvalue weighted by Crippen LogP contribution is -2.31. The van der Waals surface area contributed by atoms with Gasteiger partial charge in [0.15, 0.2) is 0 Å². The van der Waals surface area contributed by atoms with E-state index in [1.54, 1.807) is 11.3 Å². The van der Waals surface area contributed by atoms with Crippen molar-refractivity contribution >= 4 is 28.1 Å². The number of hydrogen-bond donors (Lipinski definition) is 1. The van der Waals surface area contributed by atoms with E-state index in [9.17, 15) is 4.79 Å². The maximum Gasteiger partial charge on any atom is 0.261 e. The van der Waals surface area contributed by atoms with E-state index < -0.39 is 0 Å². The van der Waals surface area contributed by atoms with Gasteiger partial charge in [0.05, 0.1) is 10.4 Å². The number of carbonyl (C=O) groups excluding carboxylic acids is 1. The molecule has 1 amide bonds. The summed E-state index contributed by atoms with van der Waals surface area (Å²) in [5.74, 6) is 0.0715. The number of para-hydroxylation sites is 1. The molecular formula is C19H20N2OS. The van der Waals surface area contributed by atoms with E-state index in [-0.39, 0.29) is 5.91 Å². The number of rotatable bonds is 3. The third-order valence-electron chi connectivity index (χ3n) is 4.62. The van der Waals surface area contributed by atoms with Crippen molar-refractivity contribution in [1.82, 2.24) is 9.88 Å². The van der Waals surface area contributed by atoms with Crippen molar-refractivity contribution in [3.05, 3.63) is 53.0 Å². The molecule has 0 aliphatic heterocycles. The molecule has 0 saturated heterocycles. The highest BCUT2D eigenvalue weighted by molar-refractivity contribution is 7.16. The summed E-state index contributed by atoms with van der Waals surface area (Å²) in [7, 11) is 0. The van der Waals surface area contributed by atoms with Gasteiger partial charge in [-0.2, -0.15) is 0 Å². The molecule has 3 aromatic rings. The maximum atomic E-state index is 12.4. The minimum Gasteiger partial charge on any atom is -0.349 e. The fourth-order valence-corrected chi connectivity index (χ4v) is 4.46. The minimum absolute atomic E-state index is 0.0715. The summed E-state index contributed by atoms with van der Waals surface area (Å²) >= 11 is 1.56. The van der Waals surface area contributed by atoms with Crippen LogP contribution in [0.2, 0.25) is 0 Å². The van der Waals surface area contributed by atoms with Crippen molar-refractivity contribution in [3.8, 4) is 5.00 Å². The molecule has 1 aromatic carbocycles. The number of hydrogen-bond acceptors (Lipinski definition) is 2. The van der Waals surface area contributed by atoms with E-state index in [0.717, 1.165) is 22.7 Å². The summed E-state index contributed by atoms with van der Waals surface area (Å²) in [4.78, 5) is 13.2. The molecule has 0 spiro atoms. The second-order valence-electron chi connectivity index (χ2n) is 6.27. The second-order valence-corrected chi connectivity index (χ2v) is 7.33. The quantitative estimate of drug-likeness (QED) is 0.746. The van der Waals surface area contributed by atoms with Crippen LogP contribution in [0.1, 0.15) is 41.0 Å². The zero-order valence-corrected chi connectivity index (χ0v) is 14.0. The van der Waals surface area contributed by atoms with Crippen molar-refractivity contribution in [2.75, 3.05) is 0 Å². The second kappa shape index (κ2) is 5.85.